The van der Waals surface area contributed by atoms with Crippen molar-refractivity contribution in [2.75, 3.05) is 0 Å². The Kier molecular flexibility index (Phi) is 3.26. The molecule has 0 aliphatic rings. The molecule has 0 N–H and O–H groups in total. The first kappa shape index (κ1) is 13.5. The van der Waals surface area contributed by atoms with Gasteiger partial charge in [0.2, 0.25) is 0 Å². The molecule has 0 atom stereocenters. The van der Waals surface area contributed by atoms with E-state index in [0.29, 0.717) is 0 Å². The molecule has 0 saturated heterocycles. The van der Waals surface area contributed by atoms with Crippen molar-refractivity contribution in [3.8, 4) is 0 Å². The molecule has 0 bridgehead atoms. The fourth-order valence-corrected chi connectivity index (χ4v) is 2.00. The van der Waals surface area contributed by atoms with Crippen LogP contribution in [0.3, 0.4) is 0 Å². The summed E-state index contributed by atoms with van der Waals surface area (Å²) in [4.78, 5) is 30.1. The van der Waals surface area contributed by atoms with Gasteiger partial charge < -0.3 is 0 Å². The van der Waals surface area contributed by atoms with Gasteiger partial charge in [0.1, 0.15) is 16.7 Å². The molecule has 1 aromatic carbocycles. The maximum atomic E-state index is 10.9. The second-order valence-electron chi connectivity index (χ2n) is 3.69. The summed E-state index contributed by atoms with van der Waals surface area (Å²) in [6, 6.07) is 0. The van der Waals surface area contributed by atoms with E-state index in [-0.39, 0.29) is 16.7 Å². The molecule has 9 heteroatoms. The Balaban J connectivity index is 3.94. The topological polar surface area (TPSA) is 129 Å². The largest absolute Gasteiger partial charge is 0.288 e. The number of rotatable bonds is 3. The lowest BCUT2D eigenvalue weighted by Gasteiger charge is -2.06. The van der Waals surface area contributed by atoms with Crippen LogP contribution in [0.15, 0.2) is 0 Å². The fourth-order valence-electron chi connectivity index (χ4n) is 2.00. The third-order valence-corrected chi connectivity index (χ3v) is 2.68. The Morgan fingerprint density at radius 1 is 0.611 bits per heavy atom. The zero-order chi connectivity index (χ0) is 14.2. The number of hydrogen-bond acceptors (Lipinski definition) is 6. The van der Waals surface area contributed by atoms with Crippen LogP contribution in [0.2, 0.25) is 0 Å². The standard InChI is InChI=1S/C9H9N3O6/c1-4-7(10(13)14)5(2)9(12(17)18)6(3)8(4)11(15)16/h1-3H3. The van der Waals surface area contributed by atoms with E-state index in [4.69, 9.17) is 0 Å². The number of nitro benzene ring substituents is 3. The molecule has 0 amide bonds. The molecule has 0 aromatic heterocycles. The Morgan fingerprint density at radius 2 is 0.778 bits per heavy atom. The number of hydrogen-bond donors (Lipinski definition) is 0. The molecule has 0 heterocycles. The van der Waals surface area contributed by atoms with Gasteiger partial charge in [-0.05, 0) is 20.8 Å². The second-order valence-corrected chi connectivity index (χ2v) is 3.69. The molecule has 1 aromatic rings. The van der Waals surface area contributed by atoms with Crippen LogP contribution in [-0.2, 0) is 0 Å². The van der Waals surface area contributed by atoms with Gasteiger partial charge in [0.25, 0.3) is 17.1 Å². The van der Waals surface area contributed by atoms with Crippen molar-refractivity contribution in [1.29, 1.82) is 0 Å². The molecule has 96 valence electrons. The van der Waals surface area contributed by atoms with Crippen LogP contribution in [0.4, 0.5) is 17.1 Å². The van der Waals surface area contributed by atoms with Crippen LogP contribution in [0.25, 0.3) is 0 Å². The zero-order valence-corrected chi connectivity index (χ0v) is 9.79. The SMILES string of the molecule is Cc1c([N+](=O)[O-])c(C)c([N+](=O)[O-])c(C)c1[N+](=O)[O-]. The Morgan fingerprint density at radius 3 is 0.889 bits per heavy atom. The lowest BCUT2D eigenvalue weighted by Crippen LogP contribution is -2.06. The smallest absolute Gasteiger partial charge is 0.258 e. The maximum absolute atomic E-state index is 10.9. The summed E-state index contributed by atoms with van der Waals surface area (Å²) in [5.41, 5.74) is -2.28. The molecule has 0 radical (unpaired) electrons. The Hall–Kier alpha value is -2.58. The summed E-state index contributed by atoms with van der Waals surface area (Å²) in [5.74, 6) is 0. The highest BCUT2D eigenvalue weighted by Gasteiger charge is 2.35. The molecule has 0 unspecified atom stereocenters. The van der Waals surface area contributed by atoms with E-state index in [1.165, 1.54) is 20.8 Å². The maximum Gasteiger partial charge on any atom is 0.288 e. The third-order valence-electron chi connectivity index (χ3n) is 2.68. The quantitative estimate of drug-likeness (QED) is 0.601. The zero-order valence-electron chi connectivity index (χ0n) is 9.79. The Bertz CT molecular complexity index is 478. The van der Waals surface area contributed by atoms with Gasteiger partial charge in [0.15, 0.2) is 0 Å². The van der Waals surface area contributed by atoms with Gasteiger partial charge in [-0.3, -0.25) is 30.3 Å². The summed E-state index contributed by atoms with van der Waals surface area (Å²) >= 11 is 0. The average Bonchev–Trinajstić information content (AvgIpc) is 2.14. The normalized spacial score (nSPS) is 10.2. The second kappa shape index (κ2) is 4.35. The number of benzene rings is 1. The van der Waals surface area contributed by atoms with E-state index in [1.54, 1.807) is 0 Å². The highest BCUT2D eigenvalue weighted by atomic mass is 16.6. The van der Waals surface area contributed by atoms with E-state index < -0.39 is 31.8 Å². The minimum absolute atomic E-state index is 0.175. The highest BCUT2D eigenvalue weighted by molar-refractivity contribution is 5.70. The number of nitro groups is 3. The van der Waals surface area contributed by atoms with E-state index >= 15 is 0 Å². The molecule has 0 aliphatic heterocycles. The first-order chi connectivity index (χ1) is 8.20. The molecule has 0 spiro atoms. The third kappa shape index (κ3) is 1.85. The molecular weight excluding hydrogens is 246 g/mol. The first-order valence-electron chi connectivity index (χ1n) is 4.77. The van der Waals surface area contributed by atoms with E-state index in [2.05, 4.69) is 0 Å². The highest BCUT2D eigenvalue weighted by Crippen LogP contribution is 2.41. The molecular formula is C9H9N3O6. The van der Waals surface area contributed by atoms with Crippen molar-refractivity contribution >= 4 is 17.1 Å². The van der Waals surface area contributed by atoms with Crippen molar-refractivity contribution in [1.82, 2.24) is 0 Å². The van der Waals surface area contributed by atoms with Crippen LogP contribution in [-0.4, -0.2) is 14.8 Å². The molecule has 9 nitrogen and oxygen atoms in total. The predicted octanol–water partition coefficient (Wildman–Crippen LogP) is 2.34. The lowest BCUT2D eigenvalue weighted by molar-refractivity contribution is -0.405. The van der Waals surface area contributed by atoms with E-state index in [1.807, 2.05) is 0 Å². The van der Waals surface area contributed by atoms with Crippen LogP contribution in [0.5, 0.6) is 0 Å². The molecule has 0 aliphatic carbocycles. The summed E-state index contributed by atoms with van der Waals surface area (Å²) in [6.07, 6.45) is 0. The van der Waals surface area contributed by atoms with E-state index in [0.717, 1.165) is 0 Å². The summed E-state index contributed by atoms with van der Waals surface area (Å²) in [5, 5.41) is 32.6. The van der Waals surface area contributed by atoms with Gasteiger partial charge in [0, 0.05) is 0 Å². The fraction of sp³-hybridized carbons (Fsp3) is 0.333. The molecule has 1 rings (SSSR count). The van der Waals surface area contributed by atoms with Crippen molar-refractivity contribution < 1.29 is 14.8 Å². The minimum atomic E-state index is -0.843. The molecule has 0 fully saturated rings. The predicted molar refractivity (Wildman–Crippen MR) is 60.6 cm³/mol. The van der Waals surface area contributed by atoms with Crippen molar-refractivity contribution in [2.45, 2.75) is 20.8 Å². The van der Waals surface area contributed by atoms with Gasteiger partial charge in [-0.1, -0.05) is 0 Å². The van der Waals surface area contributed by atoms with Crippen LogP contribution in [0.1, 0.15) is 16.7 Å². The van der Waals surface area contributed by atoms with Gasteiger partial charge in [-0.2, -0.15) is 0 Å². The van der Waals surface area contributed by atoms with Gasteiger partial charge in [0.05, 0.1) is 14.8 Å². The van der Waals surface area contributed by atoms with Gasteiger partial charge in [-0.25, -0.2) is 0 Å². The van der Waals surface area contributed by atoms with E-state index in [9.17, 15) is 30.3 Å². The summed E-state index contributed by atoms with van der Waals surface area (Å²) in [7, 11) is 0. The molecule has 0 saturated carbocycles. The van der Waals surface area contributed by atoms with Crippen molar-refractivity contribution in [3.63, 3.8) is 0 Å². The lowest BCUT2D eigenvalue weighted by atomic mass is 9.99. The van der Waals surface area contributed by atoms with Crippen LogP contribution >= 0.6 is 0 Å². The van der Waals surface area contributed by atoms with Crippen LogP contribution in [0, 0.1) is 51.1 Å². The van der Waals surface area contributed by atoms with Gasteiger partial charge in [-0.15, -0.1) is 0 Å². The van der Waals surface area contributed by atoms with Crippen molar-refractivity contribution in [2.24, 2.45) is 0 Å². The average molecular weight is 255 g/mol. The van der Waals surface area contributed by atoms with Gasteiger partial charge >= 0.3 is 0 Å². The minimum Gasteiger partial charge on any atom is -0.258 e. The Labute approximate surface area is 100 Å². The first-order valence-corrected chi connectivity index (χ1v) is 4.77. The summed E-state index contributed by atoms with van der Waals surface area (Å²) in [6.45, 7) is 3.62. The van der Waals surface area contributed by atoms with Crippen molar-refractivity contribution in [3.05, 3.63) is 47.0 Å². The number of nitrogens with zero attached hydrogens (tertiary/aromatic N) is 3. The molecule has 18 heavy (non-hydrogen) atoms. The summed E-state index contributed by atoms with van der Waals surface area (Å²) < 4.78 is 0. The van der Waals surface area contributed by atoms with Crippen LogP contribution < -0.4 is 0 Å². The monoisotopic (exact) mass is 255 g/mol.